The first kappa shape index (κ1) is 13.8. The second-order valence-corrected chi connectivity index (χ2v) is 5.44. The van der Waals surface area contributed by atoms with Crippen molar-refractivity contribution in [1.82, 2.24) is 9.38 Å². The largest absolute Gasteiger partial charge is 0.435 e. The van der Waals surface area contributed by atoms with Crippen molar-refractivity contribution < 1.29 is 25.8 Å². The first-order valence-electron chi connectivity index (χ1n) is 5.06. The highest BCUT2D eigenvalue weighted by molar-refractivity contribution is 7.85. The fraction of sp³-hybridized carbons (Fsp3) is 0.300. The third kappa shape index (κ3) is 3.04. The highest BCUT2D eigenvalue weighted by Gasteiger charge is 2.38. The minimum atomic E-state index is -4.68. The number of hydrogen-bond acceptors (Lipinski definition) is 4. The number of imidazole rings is 1. The molecule has 2 heterocycles. The van der Waals surface area contributed by atoms with E-state index < -0.39 is 28.6 Å². The van der Waals surface area contributed by atoms with Crippen LogP contribution in [-0.4, -0.2) is 24.1 Å². The van der Waals surface area contributed by atoms with E-state index in [1.165, 1.54) is 24.4 Å². The lowest BCUT2D eigenvalue weighted by atomic mass is 10.3. The van der Waals surface area contributed by atoms with E-state index >= 15 is 0 Å². The van der Waals surface area contributed by atoms with Gasteiger partial charge in [-0.15, -0.1) is 0 Å². The smallest absolute Gasteiger partial charge is 0.301 e. The number of rotatable bonds is 3. The Kier molecular flexibility index (Phi) is 3.27. The van der Waals surface area contributed by atoms with Crippen molar-refractivity contribution in [1.29, 1.82) is 0 Å². The van der Waals surface area contributed by atoms with E-state index in [1.54, 1.807) is 0 Å². The van der Waals surface area contributed by atoms with Gasteiger partial charge in [0.1, 0.15) is 12.3 Å². The SMILES string of the molecule is CS(=O)(=O)OCc1c(C(F)(F)F)nc2ccccn12. The molecule has 19 heavy (non-hydrogen) atoms. The minimum Gasteiger partial charge on any atom is -0.301 e. The molecule has 0 aromatic carbocycles. The lowest BCUT2D eigenvalue weighted by molar-refractivity contribution is -0.141. The van der Waals surface area contributed by atoms with Gasteiger partial charge in [0.05, 0.1) is 11.9 Å². The fourth-order valence-corrected chi connectivity index (χ4v) is 1.90. The van der Waals surface area contributed by atoms with Gasteiger partial charge in [0.25, 0.3) is 10.1 Å². The standard InChI is InChI=1S/C10H9F3N2O3S/c1-19(16,17)18-6-7-9(10(11,12)13)14-8-4-2-3-5-15(7)8/h2-5H,6H2,1H3. The molecule has 0 spiro atoms. The van der Waals surface area contributed by atoms with Crippen LogP contribution in [0.1, 0.15) is 11.4 Å². The molecule has 0 fully saturated rings. The van der Waals surface area contributed by atoms with Gasteiger partial charge in [-0.2, -0.15) is 21.6 Å². The Hall–Kier alpha value is -1.61. The molecule has 0 saturated carbocycles. The van der Waals surface area contributed by atoms with Gasteiger partial charge in [0.2, 0.25) is 0 Å². The van der Waals surface area contributed by atoms with Crippen LogP contribution in [0.25, 0.3) is 5.65 Å². The predicted molar refractivity (Wildman–Crippen MR) is 59.8 cm³/mol. The van der Waals surface area contributed by atoms with Gasteiger partial charge in [-0.3, -0.25) is 4.18 Å². The number of aromatic nitrogens is 2. The molecule has 104 valence electrons. The number of alkyl halides is 3. The molecule has 0 amide bonds. The summed E-state index contributed by atoms with van der Waals surface area (Å²) in [6.07, 6.45) is -2.55. The van der Waals surface area contributed by atoms with Crippen LogP contribution in [0, 0.1) is 0 Å². The highest BCUT2D eigenvalue weighted by Crippen LogP contribution is 2.32. The van der Waals surface area contributed by atoms with Crippen LogP contribution >= 0.6 is 0 Å². The van der Waals surface area contributed by atoms with Crippen molar-refractivity contribution in [3.63, 3.8) is 0 Å². The molecule has 0 bridgehead atoms. The Morgan fingerprint density at radius 2 is 2.05 bits per heavy atom. The lowest BCUT2D eigenvalue weighted by Crippen LogP contribution is -2.12. The van der Waals surface area contributed by atoms with Gasteiger partial charge in [-0.1, -0.05) is 6.07 Å². The molecule has 0 N–H and O–H groups in total. The molecule has 0 radical (unpaired) electrons. The van der Waals surface area contributed by atoms with E-state index in [0.29, 0.717) is 0 Å². The second-order valence-electron chi connectivity index (χ2n) is 3.80. The summed E-state index contributed by atoms with van der Waals surface area (Å²) in [4.78, 5) is 3.45. The normalized spacial score (nSPS) is 13.1. The van der Waals surface area contributed by atoms with Gasteiger partial charge in [0.15, 0.2) is 5.69 Å². The van der Waals surface area contributed by atoms with Crippen LogP contribution in [-0.2, 0) is 27.1 Å². The first-order valence-corrected chi connectivity index (χ1v) is 6.88. The summed E-state index contributed by atoms with van der Waals surface area (Å²) in [6, 6.07) is 4.43. The molecule has 2 aromatic rings. The third-order valence-electron chi connectivity index (χ3n) is 2.31. The second kappa shape index (κ2) is 4.49. The molecule has 5 nitrogen and oxygen atoms in total. The van der Waals surface area contributed by atoms with Crippen molar-refractivity contribution in [2.75, 3.05) is 6.26 Å². The van der Waals surface area contributed by atoms with Crippen molar-refractivity contribution in [3.8, 4) is 0 Å². The molecule has 0 atom stereocenters. The average Bonchev–Trinajstić information content (AvgIpc) is 2.63. The number of nitrogens with zero attached hydrogens (tertiary/aromatic N) is 2. The van der Waals surface area contributed by atoms with E-state index in [0.717, 1.165) is 10.7 Å². The maximum atomic E-state index is 12.8. The van der Waals surface area contributed by atoms with E-state index in [1.807, 2.05) is 0 Å². The average molecular weight is 294 g/mol. The zero-order chi connectivity index (χ0) is 14.3. The quantitative estimate of drug-likeness (QED) is 0.810. The number of pyridine rings is 1. The van der Waals surface area contributed by atoms with E-state index in [-0.39, 0.29) is 11.3 Å². The fourth-order valence-electron chi connectivity index (χ4n) is 1.57. The van der Waals surface area contributed by atoms with Crippen molar-refractivity contribution in [2.45, 2.75) is 12.8 Å². The summed E-state index contributed by atoms with van der Waals surface area (Å²) in [5, 5.41) is 0. The molecule has 0 unspecified atom stereocenters. The van der Waals surface area contributed by atoms with E-state index in [4.69, 9.17) is 0 Å². The van der Waals surface area contributed by atoms with E-state index in [9.17, 15) is 21.6 Å². The zero-order valence-electron chi connectivity index (χ0n) is 9.68. The summed E-state index contributed by atoms with van der Waals surface area (Å²) in [6.45, 7) is -0.723. The van der Waals surface area contributed by atoms with Crippen molar-refractivity contribution >= 4 is 15.8 Å². The molecule has 2 aromatic heterocycles. The van der Waals surface area contributed by atoms with Gasteiger partial charge in [-0.05, 0) is 12.1 Å². The monoisotopic (exact) mass is 294 g/mol. The van der Waals surface area contributed by atoms with Crippen molar-refractivity contribution in [2.24, 2.45) is 0 Å². The predicted octanol–water partition coefficient (Wildman–Crippen LogP) is 1.83. The maximum absolute atomic E-state index is 12.8. The summed E-state index contributed by atoms with van der Waals surface area (Å²) < 4.78 is 65.8. The molecule has 0 aliphatic rings. The first-order chi connectivity index (χ1) is 8.68. The molecular weight excluding hydrogens is 285 g/mol. The lowest BCUT2D eigenvalue weighted by Gasteiger charge is -2.07. The number of fused-ring (bicyclic) bond motifs is 1. The van der Waals surface area contributed by atoms with E-state index in [2.05, 4.69) is 9.17 Å². The van der Waals surface area contributed by atoms with Gasteiger partial charge < -0.3 is 4.40 Å². The Morgan fingerprint density at radius 3 is 2.63 bits per heavy atom. The van der Waals surface area contributed by atoms with Gasteiger partial charge in [-0.25, -0.2) is 4.98 Å². The Labute approximate surface area is 106 Å². The molecule has 0 aliphatic carbocycles. The summed E-state index contributed by atoms with van der Waals surface area (Å²) in [7, 11) is -3.84. The van der Waals surface area contributed by atoms with Crippen LogP contribution in [0.3, 0.4) is 0 Å². The minimum absolute atomic E-state index is 0.0712. The molecular formula is C10H9F3N2O3S. The van der Waals surface area contributed by atoms with Crippen LogP contribution in [0.5, 0.6) is 0 Å². The molecule has 0 aliphatic heterocycles. The molecule has 2 rings (SSSR count). The zero-order valence-corrected chi connectivity index (χ0v) is 10.5. The Bertz CT molecular complexity index is 706. The number of halogens is 3. The van der Waals surface area contributed by atoms with Crippen molar-refractivity contribution in [3.05, 3.63) is 35.8 Å². The maximum Gasteiger partial charge on any atom is 0.435 e. The van der Waals surface area contributed by atoms with Gasteiger partial charge >= 0.3 is 6.18 Å². The van der Waals surface area contributed by atoms with Gasteiger partial charge in [0, 0.05) is 6.20 Å². The van der Waals surface area contributed by atoms with Crippen LogP contribution in [0.15, 0.2) is 24.4 Å². The molecule has 9 heteroatoms. The highest BCUT2D eigenvalue weighted by atomic mass is 32.2. The van der Waals surface area contributed by atoms with Crippen LogP contribution < -0.4 is 0 Å². The topological polar surface area (TPSA) is 60.7 Å². The number of hydrogen-bond donors (Lipinski definition) is 0. The third-order valence-corrected chi connectivity index (χ3v) is 2.85. The molecule has 0 saturated heterocycles. The summed E-state index contributed by atoms with van der Waals surface area (Å²) in [5.74, 6) is 0. The summed E-state index contributed by atoms with van der Waals surface area (Å²) >= 11 is 0. The Balaban J connectivity index is 2.55. The summed E-state index contributed by atoms with van der Waals surface area (Å²) in [5.41, 5.74) is -1.43. The Morgan fingerprint density at radius 1 is 1.37 bits per heavy atom. The van der Waals surface area contributed by atoms with Crippen LogP contribution in [0.2, 0.25) is 0 Å². The van der Waals surface area contributed by atoms with Crippen LogP contribution in [0.4, 0.5) is 13.2 Å².